The molecule has 0 saturated heterocycles. The van der Waals surface area contributed by atoms with Crippen molar-refractivity contribution in [3.63, 3.8) is 0 Å². The normalized spacial score (nSPS) is 14.1. The lowest BCUT2D eigenvalue weighted by Crippen LogP contribution is -2.17. The molecule has 0 saturated carbocycles. The van der Waals surface area contributed by atoms with Gasteiger partial charge in [0.1, 0.15) is 11.8 Å². The van der Waals surface area contributed by atoms with Gasteiger partial charge in [0.25, 0.3) is 0 Å². The molecule has 0 aromatic heterocycles. The molecule has 1 aliphatic rings. The summed E-state index contributed by atoms with van der Waals surface area (Å²) in [6.45, 7) is 2.23. The Morgan fingerprint density at radius 2 is 2.29 bits per heavy atom. The van der Waals surface area contributed by atoms with Crippen molar-refractivity contribution in [1.82, 2.24) is 0 Å². The largest absolute Gasteiger partial charge is 0.491 e. The molecule has 0 amide bonds. The fraction of sp³-hybridized carbons (Fsp3) is 0.273. The Hall–Kier alpha value is -1.82. The summed E-state index contributed by atoms with van der Waals surface area (Å²) in [4.78, 5) is 11.6. The third-order valence-corrected chi connectivity index (χ3v) is 2.34. The molecule has 70 valence electrons. The minimum absolute atomic E-state index is 0.0702. The highest BCUT2D eigenvalue weighted by Gasteiger charge is 2.23. The molecule has 1 aliphatic heterocycles. The average molecular weight is 187 g/mol. The molecule has 14 heavy (non-hydrogen) atoms. The van der Waals surface area contributed by atoms with Crippen LogP contribution in [-0.2, 0) is 0 Å². The monoisotopic (exact) mass is 187 g/mol. The Labute approximate surface area is 81.9 Å². The van der Waals surface area contributed by atoms with Crippen molar-refractivity contribution in [1.29, 1.82) is 5.26 Å². The minimum atomic E-state index is 0.0702. The maximum absolute atomic E-state index is 11.6. The molecule has 1 aromatic carbocycles. The number of hydrogen-bond acceptors (Lipinski definition) is 3. The number of Topliss-reactive ketones (excluding diaryl/α,β-unsaturated/α-hetero) is 1. The predicted molar refractivity (Wildman–Crippen MR) is 50.3 cm³/mol. The first kappa shape index (κ1) is 8.76. The van der Waals surface area contributed by atoms with E-state index in [0.29, 0.717) is 29.9 Å². The Morgan fingerprint density at radius 1 is 1.50 bits per heavy atom. The Morgan fingerprint density at radius 3 is 3.00 bits per heavy atom. The SMILES string of the molecule is Cc1ccc(C#N)c2c1C(=O)CCO2. The van der Waals surface area contributed by atoms with Gasteiger partial charge in [-0.1, -0.05) is 6.07 Å². The van der Waals surface area contributed by atoms with E-state index in [-0.39, 0.29) is 5.78 Å². The molecule has 2 rings (SSSR count). The molecule has 0 radical (unpaired) electrons. The first-order chi connectivity index (χ1) is 6.74. The quantitative estimate of drug-likeness (QED) is 0.622. The van der Waals surface area contributed by atoms with Crippen LogP contribution in [0.1, 0.15) is 27.9 Å². The minimum Gasteiger partial charge on any atom is -0.491 e. The van der Waals surface area contributed by atoms with Gasteiger partial charge >= 0.3 is 0 Å². The third kappa shape index (κ3) is 1.16. The van der Waals surface area contributed by atoms with Crippen LogP contribution in [0.3, 0.4) is 0 Å². The number of nitriles is 1. The lowest BCUT2D eigenvalue weighted by molar-refractivity contribution is 0.0932. The molecule has 0 aliphatic carbocycles. The number of aryl methyl sites for hydroxylation is 1. The van der Waals surface area contributed by atoms with Crippen molar-refractivity contribution < 1.29 is 9.53 Å². The highest BCUT2D eigenvalue weighted by Crippen LogP contribution is 2.30. The summed E-state index contributed by atoms with van der Waals surface area (Å²) in [5.41, 5.74) is 1.90. The highest BCUT2D eigenvalue weighted by atomic mass is 16.5. The van der Waals surface area contributed by atoms with Crippen LogP contribution in [0.2, 0.25) is 0 Å². The summed E-state index contributed by atoms with van der Waals surface area (Å²) in [6, 6.07) is 5.49. The van der Waals surface area contributed by atoms with Gasteiger partial charge in [-0.05, 0) is 18.6 Å². The van der Waals surface area contributed by atoms with Gasteiger partial charge < -0.3 is 4.74 Å². The predicted octanol–water partition coefficient (Wildman–Crippen LogP) is 1.83. The molecule has 0 spiro atoms. The van der Waals surface area contributed by atoms with E-state index in [1.54, 1.807) is 12.1 Å². The summed E-state index contributed by atoms with van der Waals surface area (Å²) in [5.74, 6) is 0.532. The van der Waals surface area contributed by atoms with Crippen LogP contribution in [0.5, 0.6) is 5.75 Å². The van der Waals surface area contributed by atoms with Gasteiger partial charge in [0.15, 0.2) is 5.78 Å². The van der Waals surface area contributed by atoms with E-state index < -0.39 is 0 Å². The van der Waals surface area contributed by atoms with Crippen molar-refractivity contribution in [3.8, 4) is 11.8 Å². The molecule has 0 unspecified atom stereocenters. The molecule has 1 aromatic rings. The number of carbonyl (C=O) groups excluding carboxylic acids is 1. The molecule has 3 nitrogen and oxygen atoms in total. The highest BCUT2D eigenvalue weighted by molar-refractivity contribution is 6.01. The van der Waals surface area contributed by atoms with E-state index in [0.717, 1.165) is 5.56 Å². The van der Waals surface area contributed by atoms with E-state index in [1.165, 1.54) is 0 Å². The topological polar surface area (TPSA) is 50.1 Å². The number of ketones is 1. The third-order valence-electron chi connectivity index (χ3n) is 2.34. The number of fused-ring (bicyclic) bond motifs is 1. The van der Waals surface area contributed by atoms with E-state index >= 15 is 0 Å². The van der Waals surface area contributed by atoms with Crippen LogP contribution in [0, 0.1) is 18.3 Å². The maximum Gasteiger partial charge on any atom is 0.170 e. The van der Waals surface area contributed by atoms with Crippen molar-refractivity contribution >= 4 is 5.78 Å². The zero-order chi connectivity index (χ0) is 10.1. The van der Waals surface area contributed by atoms with Crippen molar-refractivity contribution in [2.75, 3.05) is 6.61 Å². The molecule has 0 bridgehead atoms. The summed E-state index contributed by atoms with van der Waals surface area (Å²) in [5, 5.41) is 8.83. The van der Waals surface area contributed by atoms with Gasteiger partial charge in [-0.3, -0.25) is 4.79 Å². The number of hydrogen-bond donors (Lipinski definition) is 0. The molecule has 3 heteroatoms. The van der Waals surface area contributed by atoms with Crippen molar-refractivity contribution in [3.05, 3.63) is 28.8 Å². The lowest BCUT2D eigenvalue weighted by Gasteiger charge is -2.18. The van der Waals surface area contributed by atoms with E-state index in [9.17, 15) is 4.79 Å². The molecule has 1 heterocycles. The lowest BCUT2D eigenvalue weighted by atomic mass is 9.97. The van der Waals surface area contributed by atoms with Gasteiger partial charge in [-0.15, -0.1) is 0 Å². The van der Waals surface area contributed by atoms with Crippen LogP contribution < -0.4 is 4.74 Å². The van der Waals surface area contributed by atoms with Crippen LogP contribution >= 0.6 is 0 Å². The standard InChI is InChI=1S/C11H9NO2/c1-7-2-3-8(6-12)11-10(7)9(13)4-5-14-11/h2-3H,4-5H2,1H3. The molecular weight excluding hydrogens is 178 g/mol. The van der Waals surface area contributed by atoms with E-state index in [1.807, 2.05) is 13.0 Å². The van der Waals surface area contributed by atoms with Gasteiger partial charge in [0.05, 0.1) is 17.7 Å². The number of benzene rings is 1. The van der Waals surface area contributed by atoms with Crippen molar-refractivity contribution in [2.24, 2.45) is 0 Å². The van der Waals surface area contributed by atoms with Crippen LogP contribution in [-0.4, -0.2) is 12.4 Å². The number of nitrogens with zero attached hydrogens (tertiary/aromatic N) is 1. The van der Waals surface area contributed by atoms with Gasteiger partial charge in [0, 0.05) is 6.42 Å². The van der Waals surface area contributed by atoms with Gasteiger partial charge in [-0.2, -0.15) is 5.26 Å². The van der Waals surface area contributed by atoms with E-state index in [2.05, 4.69) is 0 Å². The smallest absolute Gasteiger partial charge is 0.170 e. The second-order valence-corrected chi connectivity index (χ2v) is 3.27. The van der Waals surface area contributed by atoms with Crippen molar-refractivity contribution in [2.45, 2.75) is 13.3 Å². The van der Waals surface area contributed by atoms with Crippen LogP contribution in [0.15, 0.2) is 12.1 Å². The summed E-state index contributed by atoms with van der Waals surface area (Å²) in [6.07, 6.45) is 0.405. The van der Waals surface area contributed by atoms with Crippen LogP contribution in [0.25, 0.3) is 0 Å². The first-order valence-corrected chi connectivity index (χ1v) is 4.43. The maximum atomic E-state index is 11.6. The molecule has 0 N–H and O–H groups in total. The Kier molecular flexibility index (Phi) is 1.97. The number of rotatable bonds is 0. The second-order valence-electron chi connectivity index (χ2n) is 3.27. The summed E-state index contributed by atoms with van der Waals surface area (Å²) in [7, 11) is 0. The Balaban J connectivity index is 2.71. The zero-order valence-corrected chi connectivity index (χ0v) is 7.83. The number of ether oxygens (including phenoxy) is 1. The zero-order valence-electron chi connectivity index (χ0n) is 7.83. The molecular formula is C11H9NO2. The number of carbonyl (C=O) groups is 1. The average Bonchev–Trinajstić information content (AvgIpc) is 2.18. The first-order valence-electron chi connectivity index (χ1n) is 4.43. The fourth-order valence-electron chi connectivity index (χ4n) is 1.64. The van der Waals surface area contributed by atoms with Crippen LogP contribution in [0.4, 0.5) is 0 Å². The van der Waals surface area contributed by atoms with Gasteiger partial charge in [-0.25, -0.2) is 0 Å². The summed E-state index contributed by atoms with van der Waals surface area (Å²) >= 11 is 0. The summed E-state index contributed by atoms with van der Waals surface area (Å²) < 4.78 is 5.35. The Bertz CT molecular complexity index is 443. The van der Waals surface area contributed by atoms with Gasteiger partial charge in [0.2, 0.25) is 0 Å². The van der Waals surface area contributed by atoms with E-state index in [4.69, 9.17) is 10.00 Å². The molecule has 0 atom stereocenters. The molecule has 0 fully saturated rings. The fourth-order valence-corrected chi connectivity index (χ4v) is 1.64. The second kappa shape index (κ2) is 3.15.